The predicted molar refractivity (Wildman–Crippen MR) is 157 cm³/mol. The Labute approximate surface area is 242 Å². The molecule has 0 spiro atoms. The number of fused-ring (bicyclic) bond motifs is 1. The van der Waals surface area contributed by atoms with Crippen molar-refractivity contribution in [3.63, 3.8) is 0 Å². The maximum Gasteiger partial charge on any atom is 0.268 e. The lowest BCUT2D eigenvalue weighted by molar-refractivity contribution is -0.127. The van der Waals surface area contributed by atoms with Crippen LogP contribution in [0.2, 0.25) is 0 Å². The number of amides is 2. The summed E-state index contributed by atoms with van der Waals surface area (Å²) < 4.78 is 1.91. The fourth-order valence-corrected chi connectivity index (χ4v) is 5.86. The number of hydrogen-bond donors (Lipinski definition) is 2. The van der Waals surface area contributed by atoms with Crippen LogP contribution in [0.1, 0.15) is 48.8 Å². The van der Waals surface area contributed by atoms with Gasteiger partial charge in [-0.3, -0.25) is 14.9 Å². The summed E-state index contributed by atoms with van der Waals surface area (Å²) in [5.74, 6) is -0.242. The van der Waals surface area contributed by atoms with Crippen LogP contribution < -0.4 is 5.32 Å². The molecule has 1 saturated heterocycles. The third kappa shape index (κ3) is 6.19. The van der Waals surface area contributed by atoms with Gasteiger partial charge in [-0.1, -0.05) is 32.9 Å². The van der Waals surface area contributed by atoms with Crippen LogP contribution in [0, 0.1) is 16.7 Å². The van der Waals surface area contributed by atoms with E-state index < -0.39 is 0 Å². The topological polar surface area (TPSA) is 137 Å². The van der Waals surface area contributed by atoms with E-state index in [-0.39, 0.29) is 35.5 Å². The van der Waals surface area contributed by atoms with E-state index >= 15 is 0 Å². The van der Waals surface area contributed by atoms with E-state index in [2.05, 4.69) is 21.4 Å². The molecule has 2 amide bonds. The number of aliphatic hydroxyl groups excluding tert-OH is 1. The Morgan fingerprint density at radius 3 is 2.78 bits per heavy atom. The summed E-state index contributed by atoms with van der Waals surface area (Å²) >= 11 is 1.32. The van der Waals surface area contributed by atoms with Gasteiger partial charge in [-0.05, 0) is 54.2 Å². The first-order valence-electron chi connectivity index (χ1n) is 13.4. The van der Waals surface area contributed by atoms with Gasteiger partial charge in [-0.15, -0.1) is 11.3 Å². The molecule has 1 aromatic carbocycles. The Morgan fingerprint density at radius 1 is 1.24 bits per heavy atom. The summed E-state index contributed by atoms with van der Waals surface area (Å²) in [5, 5.41) is 22.3. The second-order valence-electron chi connectivity index (χ2n) is 11.1. The second-order valence-corrected chi connectivity index (χ2v) is 12.2. The number of thiophene rings is 1. The first-order valence-corrected chi connectivity index (χ1v) is 14.2. The number of nitriles is 1. The Bertz CT molecular complexity index is 1660. The molecule has 0 aliphatic carbocycles. The molecule has 4 aromatic rings. The number of hydrogen-bond acceptors (Lipinski definition) is 8. The number of aliphatic hydroxyl groups is 1. The van der Waals surface area contributed by atoms with Crippen LogP contribution in [0.5, 0.6) is 0 Å². The molecule has 1 aliphatic heterocycles. The number of rotatable bonds is 7. The minimum Gasteiger partial charge on any atom is -0.392 e. The Hall–Kier alpha value is -4.40. The number of imidazole rings is 1. The van der Waals surface area contributed by atoms with Crippen LogP contribution in [-0.2, 0) is 17.9 Å². The number of carbonyl (C=O) groups is 2. The summed E-state index contributed by atoms with van der Waals surface area (Å²) in [7, 11) is 0. The Balaban J connectivity index is 1.45. The second kappa shape index (κ2) is 11.6. The van der Waals surface area contributed by atoms with Gasteiger partial charge in [0, 0.05) is 19.3 Å². The smallest absolute Gasteiger partial charge is 0.268 e. The minimum absolute atomic E-state index is 0.131. The van der Waals surface area contributed by atoms with Crippen molar-refractivity contribution in [1.82, 2.24) is 24.4 Å². The van der Waals surface area contributed by atoms with Crippen molar-refractivity contribution in [2.45, 2.75) is 52.8 Å². The molecule has 41 heavy (non-hydrogen) atoms. The SMILES string of the molecule is CC(C)(C)C=C(C#N)C(=O)N1CCCC1Cn1c(NC(=O)c2ccc(-c3ccncn3)s2)nc2cc(CO)ccc21. The molecule has 1 aliphatic rings. The zero-order valence-corrected chi connectivity index (χ0v) is 24.0. The lowest BCUT2D eigenvalue weighted by atomic mass is 9.93. The molecule has 3 aromatic heterocycles. The number of nitrogens with zero attached hydrogens (tertiary/aromatic N) is 6. The lowest BCUT2D eigenvalue weighted by Crippen LogP contribution is -2.39. The average Bonchev–Trinajstić information content (AvgIpc) is 3.71. The van der Waals surface area contributed by atoms with Crippen LogP contribution in [0.4, 0.5) is 5.95 Å². The fourth-order valence-electron chi connectivity index (χ4n) is 4.98. The molecule has 5 rings (SSSR count). The normalized spacial score (nSPS) is 15.7. The number of nitrogens with one attached hydrogen (secondary N) is 1. The molecule has 11 heteroatoms. The molecule has 1 atom stereocenters. The summed E-state index contributed by atoms with van der Waals surface area (Å²) in [6.07, 6.45) is 6.41. The molecule has 1 unspecified atom stereocenters. The first-order chi connectivity index (χ1) is 19.7. The van der Waals surface area contributed by atoms with Crippen molar-refractivity contribution in [3.8, 4) is 16.6 Å². The monoisotopic (exact) mass is 569 g/mol. The van der Waals surface area contributed by atoms with Crippen LogP contribution in [0.3, 0.4) is 0 Å². The third-order valence-corrected chi connectivity index (χ3v) is 7.95. The van der Waals surface area contributed by atoms with E-state index in [1.807, 2.05) is 43.5 Å². The van der Waals surface area contributed by atoms with Crippen LogP contribution in [-0.4, -0.2) is 53.9 Å². The number of benzene rings is 1. The van der Waals surface area contributed by atoms with Crippen molar-refractivity contribution in [2.24, 2.45) is 5.41 Å². The highest BCUT2D eigenvalue weighted by molar-refractivity contribution is 7.17. The van der Waals surface area contributed by atoms with Crippen molar-refractivity contribution in [3.05, 3.63) is 71.0 Å². The van der Waals surface area contributed by atoms with Crippen LogP contribution >= 0.6 is 11.3 Å². The molecule has 10 nitrogen and oxygen atoms in total. The maximum absolute atomic E-state index is 13.4. The van der Waals surface area contributed by atoms with E-state index in [1.54, 1.807) is 35.4 Å². The third-order valence-electron chi connectivity index (χ3n) is 6.84. The minimum atomic E-state index is -0.312. The van der Waals surface area contributed by atoms with Gasteiger partial charge in [-0.25, -0.2) is 15.0 Å². The molecule has 2 N–H and O–H groups in total. The number of aromatic nitrogens is 4. The van der Waals surface area contributed by atoms with E-state index in [0.717, 1.165) is 28.9 Å². The van der Waals surface area contributed by atoms with Gasteiger partial charge in [0.15, 0.2) is 0 Å². The largest absolute Gasteiger partial charge is 0.392 e. The van der Waals surface area contributed by atoms with Gasteiger partial charge in [0.2, 0.25) is 5.95 Å². The molecular weight excluding hydrogens is 538 g/mol. The van der Waals surface area contributed by atoms with E-state index in [4.69, 9.17) is 4.98 Å². The number of allylic oxidation sites excluding steroid dienone is 1. The van der Waals surface area contributed by atoms with Gasteiger partial charge >= 0.3 is 0 Å². The quantitative estimate of drug-likeness (QED) is 0.241. The van der Waals surface area contributed by atoms with Gasteiger partial charge in [0.25, 0.3) is 11.8 Å². The van der Waals surface area contributed by atoms with Gasteiger partial charge in [0.1, 0.15) is 18.0 Å². The summed E-state index contributed by atoms with van der Waals surface area (Å²) in [4.78, 5) is 42.8. The first kappa shape index (κ1) is 28.1. The van der Waals surface area contributed by atoms with Crippen molar-refractivity contribution < 1.29 is 14.7 Å². The number of likely N-dealkylation sites (tertiary alicyclic amines) is 1. The van der Waals surface area contributed by atoms with E-state index in [0.29, 0.717) is 35.0 Å². The van der Waals surface area contributed by atoms with Crippen LogP contribution in [0.15, 0.2) is 60.6 Å². The Kier molecular flexibility index (Phi) is 7.97. The summed E-state index contributed by atoms with van der Waals surface area (Å²) in [6.45, 7) is 6.68. The molecule has 210 valence electrons. The highest BCUT2D eigenvalue weighted by atomic mass is 32.1. The van der Waals surface area contributed by atoms with Gasteiger partial charge in [0.05, 0.1) is 39.1 Å². The van der Waals surface area contributed by atoms with Crippen molar-refractivity contribution >= 4 is 40.1 Å². The molecule has 0 saturated carbocycles. The molecule has 0 radical (unpaired) electrons. The lowest BCUT2D eigenvalue weighted by Gasteiger charge is -2.26. The highest BCUT2D eigenvalue weighted by Gasteiger charge is 2.32. The molecule has 0 bridgehead atoms. The fraction of sp³-hybridized carbons (Fsp3) is 0.333. The molecule has 4 heterocycles. The van der Waals surface area contributed by atoms with Crippen molar-refractivity contribution in [2.75, 3.05) is 11.9 Å². The van der Waals surface area contributed by atoms with E-state index in [9.17, 15) is 20.0 Å². The standard InChI is InChI=1S/C30H31N7O3S/c1-30(2,3)14-20(15-31)28(40)36-12-4-5-21(36)16-37-24-7-6-19(17-38)13-23(24)34-29(37)35-27(39)26-9-8-25(41-26)22-10-11-32-18-33-22/h6-11,13-14,18,21,38H,4-5,12,16-17H2,1-3H3,(H,34,35,39). The zero-order chi connectivity index (χ0) is 29.1. The zero-order valence-electron chi connectivity index (χ0n) is 23.2. The van der Waals surface area contributed by atoms with Gasteiger partial charge in [-0.2, -0.15) is 5.26 Å². The van der Waals surface area contributed by atoms with E-state index in [1.165, 1.54) is 17.7 Å². The summed E-state index contributed by atoms with van der Waals surface area (Å²) in [6, 6.07) is 12.8. The Morgan fingerprint density at radius 2 is 2.07 bits per heavy atom. The van der Waals surface area contributed by atoms with Crippen LogP contribution in [0.25, 0.3) is 21.6 Å². The predicted octanol–water partition coefficient (Wildman–Crippen LogP) is 4.79. The van der Waals surface area contributed by atoms with Gasteiger partial charge < -0.3 is 14.6 Å². The average molecular weight is 570 g/mol. The number of carbonyl (C=O) groups excluding carboxylic acids is 2. The summed E-state index contributed by atoms with van der Waals surface area (Å²) in [5.41, 5.74) is 2.66. The highest BCUT2D eigenvalue weighted by Crippen LogP contribution is 2.30. The van der Waals surface area contributed by atoms with Crippen molar-refractivity contribution in [1.29, 1.82) is 5.26 Å². The molecule has 1 fully saturated rings. The molecular formula is C30H31N7O3S. The maximum atomic E-state index is 13.4. The number of anilines is 1.